The molecule has 3 rings (SSSR count). The maximum atomic E-state index is 6.18. The van der Waals surface area contributed by atoms with Crippen LogP contribution in [0.3, 0.4) is 0 Å². The summed E-state index contributed by atoms with van der Waals surface area (Å²) in [6, 6.07) is 12.4. The number of aryl methyl sites for hydroxylation is 3. The van der Waals surface area contributed by atoms with Gasteiger partial charge in [-0.1, -0.05) is 29.8 Å². The molecule has 0 atom stereocenters. The fourth-order valence-electron chi connectivity index (χ4n) is 2.46. The first-order chi connectivity index (χ1) is 10.0. The van der Waals surface area contributed by atoms with Crippen molar-refractivity contribution < 1.29 is 0 Å². The third-order valence-corrected chi connectivity index (χ3v) is 3.89. The maximum Gasteiger partial charge on any atom is 0.0946 e. The van der Waals surface area contributed by atoms with Crippen molar-refractivity contribution in [2.24, 2.45) is 0 Å². The highest BCUT2D eigenvalue weighted by Gasteiger charge is 2.10. The van der Waals surface area contributed by atoms with Gasteiger partial charge in [-0.05, 0) is 38.5 Å². The standard InChI is InChI=1S/C18H19N3/c1-11-4-6-14(7-5-11)10-15-16(19)8-9-17-18(15)21-13(3)12(2)20-17/h4-9H,10,19H2,1-3H3. The Morgan fingerprint density at radius 1 is 0.857 bits per heavy atom. The van der Waals surface area contributed by atoms with Crippen LogP contribution < -0.4 is 5.73 Å². The van der Waals surface area contributed by atoms with Gasteiger partial charge in [-0.2, -0.15) is 0 Å². The number of nitrogen functional groups attached to an aromatic ring is 1. The zero-order chi connectivity index (χ0) is 15.0. The minimum atomic E-state index is 0.778. The number of nitrogens with zero attached hydrogens (tertiary/aromatic N) is 2. The van der Waals surface area contributed by atoms with Crippen LogP contribution in [0.2, 0.25) is 0 Å². The molecular formula is C18H19N3. The van der Waals surface area contributed by atoms with E-state index in [9.17, 15) is 0 Å². The Bertz CT molecular complexity index is 805. The summed E-state index contributed by atoms with van der Waals surface area (Å²) in [7, 11) is 0. The van der Waals surface area contributed by atoms with Gasteiger partial charge in [-0.15, -0.1) is 0 Å². The zero-order valence-electron chi connectivity index (χ0n) is 12.6. The second-order valence-electron chi connectivity index (χ2n) is 5.56. The van der Waals surface area contributed by atoms with Crippen molar-refractivity contribution in [3.05, 3.63) is 64.5 Å². The minimum Gasteiger partial charge on any atom is -0.398 e. The molecule has 0 aliphatic carbocycles. The molecule has 0 bridgehead atoms. The highest BCUT2D eigenvalue weighted by atomic mass is 14.8. The molecule has 1 heterocycles. The molecule has 0 saturated carbocycles. The van der Waals surface area contributed by atoms with E-state index in [2.05, 4.69) is 36.2 Å². The molecule has 0 aliphatic rings. The monoisotopic (exact) mass is 277 g/mol. The van der Waals surface area contributed by atoms with E-state index in [1.807, 2.05) is 26.0 Å². The van der Waals surface area contributed by atoms with E-state index >= 15 is 0 Å². The molecule has 1 aromatic heterocycles. The van der Waals surface area contributed by atoms with Crippen LogP contribution in [0.25, 0.3) is 11.0 Å². The fourth-order valence-corrected chi connectivity index (χ4v) is 2.46. The largest absolute Gasteiger partial charge is 0.398 e. The lowest BCUT2D eigenvalue weighted by molar-refractivity contribution is 1.08. The normalized spacial score (nSPS) is 11.0. The van der Waals surface area contributed by atoms with E-state index in [-0.39, 0.29) is 0 Å². The highest BCUT2D eigenvalue weighted by Crippen LogP contribution is 2.25. The van der Waals surface area contributed by atoms with Crippen LogP contribution in [0.1, 0.15) is 28.1 Å². The van der Waals surface area contributed by atoms with Crippen molar-refractivity contribution >= 4 is 16.7 Å². The summed E-state index contributed by atoms with van der Waals surface area (Å²) < 4.78 is 0. The number of rotatable bonds is 2. The average Bonchev–Trinajstić information content (AvgIpc) is 2.46. The van der Waals surface area contributed by atoms with E-state index in [0.717, 1.165) is 40.1 Å². The highest BCUT2D eigenvalue weighted by molar-refractivity contribution is 5.84. The summed E-state index contributed by atoms with van der Waals surface area (Å²) in [5, 5.41) is 0. The Hall–Kier alpha value is -2.42. The summed E-state index contributed by atoms with van der Waals surface area (Å²) in [6.45, 7) is 6.06. The number of aromatic nitrogens is 2. The Balaban J connectivity index is 2.14. The van der Waals surface area contributed by atoms with Gasteiger partial charge in [0.25, 0.3) is 0 Å². The third-order valence-electron chi connectivity index (χ3n) is 3.89. The van der Waals surface area contributed by atoms with Gasteiger partial charge in [0.05, 0.1) is 22.4 Å². The molecule has 0 radical (unpaired) electrons. The first kappa shape index (κ1) is 13.6. The first-order valence-corrected chi connectivity index (χ1v) is 7.12. The van der Waals surface area contributed by atoms with E-state index in [4.69, 9.17) is 10.7 Å². The Morgan fingerprint density at radius 3 is 2.24 bits per heavy atom. The lowest BCUT2D eigenvalue weighted by Crippen LogP contribution is -2.02. The van der Waals surface area contributed by atoms with Crippen LogP contribution >= 0.6 is 0 Å². The quantitative estimate of drug-likeness (QED) is 0.726. The molecular weight excluding hydrogens is 258 g/mol. The van der Waals surface area contributed by atoms with Gasteiger partial charge in [0.1, 0.15) is 0 Å². The molecule has 0 aliphatic heterocycles. The Kier molecular flexibility index (Phi) is 3.34. The molecule has 0 saturated heterocycles. The number of hydrogen-bond acceptors (Lipinski definition) is 3. The van der Waals surface area contributed by atoms with Crippen molar-refractivity contribution in [2.75, 3.05) is 5.73 Å². The van der Waals surface area contributed by atoms with E-state index in [1.54, 1.807) is 0 Å². The second kappa shape index (κ2) is 5.17. The molecule has 3 nitrogen and oxygen atoms in total. The van der Waals surface area contributed by atoms with E-state index in [0.29, 0.717) is 0 Å². The molecule has 2 N–H and O–H groups in total. The smallest absolute Gasteiger partial charge is 0.0946 e. The summed E-state index contributed by atoms with van der Waals surface area (Å²) in [5.41, 5.74) is 14.3. The predicted octanol–water partition coefficient (Wildman–Crippen LogP) is 3.73. The maximum absolute atomic E-state index is 6.18. The van der Waals surface area contributed by atoms with Gasteiger partial charge in [-0.3, -0.25) is 0 Å². The van der Waals surface area contributed by atoms with Gasteiger partial charge in [0, 0.05) is 17.7 Å². The fraction of sp³-hybridized carbons (Fsp3) is 0.222. The molecule has 3 heteroatoms. The molecule has 0 amide bonds. The van der Waals surface area contributed by atoms with Crippen LogP contribution in [0, 0.1) is 20.8 Å². The molecule has 0 spiro atoms. The molecule has 0 fully saturated rings. The number of anilines is 1. The molecule has 21 heavy (non-hydrogen) atoms. The summed E-state index contributed by atoms with van der Waals surface area (Å²) in [4.78, 5) is 9.32. The van der Waals surface area contributed by atoms with Crippen molar-refractivity contribution in [3.63, 3.8) is 0 Å². The minimum absolute atomic E-state index is 0.778. The van der Waals surface area contributed by atoms with Gasteiger partial charge in [0.15, 0.2) is 0 Å². The zero-order valence-corrected chi connectivity index (χ0v) is 12.6. The van der Waals surface area contributed by atoms with Gasteiger partial charge < -0.3 is 5.73 Å². The lowest BCUT2D eigenvalue weighted by Gasteiger charge is -2.11. The Labute approximate surface area is 124 Å². The van der Waals surface area contributed by atoms with Crippen molar-refractivity contribution in [1.29, 1.82) is 0 Å². The van der Waals surface area contributed by atoms with Gasteiger partial charge >= 0.3 is 0 Å². The van der Waals surface area contributed by atoms with Crippen LogP contribution in [0.5, 0.6) is 0 Å². The van der Waals surface area contributed by atoms with Crippen LogP contribution in [-0.4, -0.2) is 9.97 Å². The summed E-state index contributed by atoms with van der Waals surface area (Å²) in [5.74, 6) is 0. The number of hydrogen-bond donors (Lipinski definition) is 1. The van der Waals surface area contributed by atoms with E-state index in [1.165, 1.54) is 11.1 Å². The van der Waals surface area contributed by atoms with Crippen molar-refractivity contribution in [2.45, 2.75) is 27.2 Å². The van der Waals surface area contributed by atoms with Crippen LogP contribution in [0.4, 0.5) is 5.69 Å². The van der Waals surface area contributed by atoms with Crippen molar-refractivity contribution in [3.8, 4) is 0 Å². The van der Waals surface area contributed by atoms with Crippen molar-refractivity contribution in [1.82, 2.24) is 9.97 Å². The number of fused-ring (bicyclic) bond motifs is 1. The van der Waals surface area contributed by atoms with E-state index < -0.39 is 0 Å². The molecule has 3 aromatic rings. The van der Waals surface area contributed by atoms with Crippen LogP contribution in [0.15, 0.2) is 36.4 Å². The molecule has 106 valence electrons. The van der Waals surface area contributed by atoms with Gasteiger partial charge in [-0.25, -0.2) is 9.97 Å². The van der Waals surface area contributed by atoms with Gasteiger partial charge in [0.2, 0.25) is 0 Å². The average molecular weight is 277 g/mol. The topological polar surface area (TPSA) is 51.8 Å². The Morgan fingerprint density at radius 2 is 1.52 bits per heavy atom. The third kappa shape index (κ3) is 2.59. The molecule has 2 aromatic carbocycles. The van der Waals surface area contributed by atoms with Crippen LogP contribution in [-0.2, 0) is 6.42 Å². The second-order valence-corrected chi connectivity index (χ2v) is 5.56. The summed E-state index contributed by atoms with van der Waals surface area (Å²) >= 11 is 0. The lowest BCUT2D eigenvalue weighted by atomic mass is 10.0. The number of benzene rings is 2. The predicted molar refractivity (Wildman–Crippen MR) is 87.4 cm³/mol. The SMILES string of the molecule is Cc1ccc(Cc2c(N)ccc3nc(C)c(C)nc23)cc1. The number of nitrogens with two attached hydrogens (primary N) is 1. The summed E-state index contributed by atoms with van der Waals surface area (Å²) in [6.07, 6.45) is 0.778. The molecule has 0 unspecified atom stereocenters. The first-order valence-electron chi connectivity index (χ1n) is 7.12.